The average Bonchev–Trinajstić information content (AvgIpc) is 3.04. The number of benzene rings is 1. The van der Waals surface area contributed by atoms with Crippen molar-refractivity contribution in [2.24, 2.45) is 5.92 Å². The predicted molar refractivity (Wildman–Crippen MR) is 86.5 cm³/mol. The van der Waals surface area contributed by atoms with Crippen LogP contribution in [0.5, 0.6) is 0 Å². The smallest absolute Gasteiger partial charge is 0.230 e. The predicted octanol–water partition coefficient (Wildman–Crippen LogP) is 2.95. The molecule has 2 aliphatic rings. The molecule has 114 valence electrons. The fourth-order valence-corrected chi connectivity index (χ4v) is 4.31. The number of rotatable bonds is 5. The summed E-state index contributed by atoms with van der Waals surface area (Å²) in [5, 5.41) is 3.53. The topological polar surface area (TPSA) is 38.3 Å². The molecule has 1 N–H and O–H groups in total. The average molecular weight is 305 g/mol. The van der Waals surface area contributed by atoms with Gasteiger partial charge in [0.1, 0.15) is 0 Å². The molecular formula is C17H23NO2S. The summed E-state index contributed by atoms with van der Waals surface area (Å²) >= 11 is 1.79. The van der Waals surface area contributed by atoms with Crippen LogP contribution in [0.4, 0.5) is 0 Å². The molecule has 1 fully saturated rings. The maximum Gasteiger partial charge on any atom is 0.230 e. The van der Waals surface area contributed by atoms with E-state index in [1.807, 2.05) is 0 Å². The Kier molecular flexibility index (Phi) is 5.20. The number of aryl methyl sites for hydroxylation is 1. The van der Waals surface area contributed by atoms with Gasteiger partial charge in [-0.25, -0.2) is 0 Å². The van der Waals surface area contributed by atoms with Gasteiger partial charge in [0, 0.05) is 24.3 Å². The third-order valence-corrected chi connectivity index (χ3v) is 5.66. The molecule has 0 aromatic heterocycles. The summed E-state index contributed by atoms with van der Waals surface area (Å²) in [4.78, 5) is 12.0. The first-order chi connectivity index (χ1) is 10.3. The minimum Gasteiger partial charge on any atom is -0.381 e. The van der Waals surface area contributed by atoms with E-state index in [0.717, 1.165) is 26.2 Å². The molecule has 1 aromatic carbocycles. The number of hydrogen-bond acceptors (Lipinski definition) is 3. The zero-order chi connectivity index (χ0) is 14.5. The van der Waals surface area contributed by atoms with Crippen LogP contribution in [0.25, 0.3) is 0 Å². The number of fused-ring (bicyclic) bond motifs is 1. The number of ether oxygens (including phenoxy) is 1. The van der Waals surface area contributed by atoms with Gasteiger partial charge in [-0.2, -0.15) is 0 Å². The quantitative estimate of drug-likeness (QED) is 0.909. The molecule has 2 atom stereocenters. The molecule has 1 saturated heterocycles. The Hall–Kier alpha value is -1.00. The first kappa shape index (κ1) is 14.9. The number of nitrogens with one attached hydrogen (secondary N) is 1. The van der Waals surface area contributed by atoms with E-state index in [4.69, 9.17) is 4.74 Å². The second-order valence-electron chi connectivity index (χ2n) is 5.92. The summed E-state index contributed by atoms with van der Waals surface area (Å²) in [7, 11) is 0. The van der Waals surface area contributed by atoms with Crippen LogP contribution < -0.4 is 5.32 Å². The van der Waals surface area contributed by atoms with Gasteiger partial charge >= 0.3 is 0 Å². The first-order valence-corrected chi connectivity index (χ1v) is 8.91. The number of thioether (sulfide) groups is 1. The van der Waals surface area contributed by atoms with Crippen molar-refractivity contribution < 1.29 is 9.53 Å². The molecule has 0 spiro atoms. The van der Waals surface area contributed by atoms with Crippen molar-refractivity contribution in [3.63, 3.8) is 0 Å². The Morgan fingerprint density at radius 2 is 2.24 bits per heavy atom. The SMILES string of the molecule is O=C(CSC1CCCc2ccccc21)NCC1CCOC1. The zero-order valence-corrected chi connectivity index (χ0v) is 13.2. The summed E-state index contributed by atoms with van der Waals surface area (Å²) in [6.07, 6.45) is 4.67. The molecule has 1 aliphatic carbocycles. The van der Waals surface area contributed by atoms with Gasteiger partial charge in [0.2, 0.25) is 5.91 Å². The Balaban J connectivity index is 1.45. The lowest BCUT2D eigenvalue weighted by molar-refractivity contribution is -0.118. The van der Waals surface area contributed by atoms with Gasteiger partial charge in [-0.15, -0.1) is 11.8 Å². The van der Waals surface area contributed by atoms with Gasteiger partial charge in [0.15, 0.2) is 0 Å². The first-order valence-electron chi connectivity index (χ1n) is 7.87. The van der Waals surface area contributed by atoms with Crippen molar-refractivity contribution >= 4 is 17.7 Å². The molecule has 21 heavy (non-hydrogen) atoms. The number of carbonyl (C=O) groups excluding carboxylic acids is 1. The molecule has 1 aliphatic heterocycles. The van der Waals surface area contributed by atoms with Crippen molar-refractivity contribution in [1.29, 1.82) is 0 Å². The number of hydrogen-bond donors (Lipinski definition) is 1. The van der Waals surface area contributed by atoms with Crippen LogP contribution >= 0.6 is 11.8 Å². The van der Waals surface area contributed by atoms with Crippen LogP contribution in [-0.4, -0.2) is 31.4 Å². The molecule has 0 radical (unpaired) electrons. The fraction of sp³-hybridized carbons (Fsp3) is 0.588. The lowest BCUT2D eigenvalue weighted by Gasteiger charge is -2.24. The maximum atomic E-state index is 12.0. The lowest BCUT2D eigenvalue weighted by atomic mass is 9.91. The van der Waals surface area contributed by atoms with Crippen LogP contribution in [0.2, 0.25) is 0 Å². The van der Waals surface area contributed by atoms with E-state index in [1.54, 1.807) is 11.8 Å². The Morgan fingerprint density at radius 1 is 1.33 bits per heavy atom. The van der Waals surface area contributed by atoms with E-state index in [1.165, 1.54) is 30.4 Å². The summed E-state index contributed by atoms with van der Waals surface area (Å²) in [6.45, 7) is 2.40. The van der Waals surface area contributed by atoms with Crippen molar-refractivity contribution in [1.82, 2.24) is 5.32 Å². The Labute approximate surface area is 130 Å². The highest BCUT2D eigenvalue weighted by Gasteiger charge is 2.21. The second-order valence-corrected chi connectivity index (χ2v) is 7.12. The van der Waals surface area contributed by atoms with Crippen LogP contribution in [-0.2, 0) is 16.0 Å². The van der Waals surface area contributed by atoms with Gasteiger partial charge < -0.3 is 10.1 Å². The fourth-order valence-electron chi connectivity index (χ4n) is 3.11. The summed E-state index contributed by atoms with van der Waals surface area (Å²) < 4.78 is 5.33. The van der Waals surface area contributed by atoms with Crippen molar-refractivity contribution in [2.45, 2.75) is 30.9 Å². The highest BCUT2D eigenvalue weighted by atomic mass is 32.2. The van der Waals surface area contributed by atoms with E-state index in [2.05, 4.69) is 29.6 Å². The van der Waals surface area contributed by atoms with Crippen molar-refractivity contribution in [3.05, 3.63) is 35.4 Å². The molecule has 1 heterocycles. The summed E-state index contributed by atoms with van der Waals surface area (Å²) in [5.74, 6) is 1.23. The summed E-state index contributed by atoms with van der Waals surface area (Å²) in [5.41, 5.74) is 2.90. The number of amides is 1. The normalized spacial score (nSPS) is 24.6. The molecule has 3 nitrogen and oxygen atoms in total. The van der Waals surface area contributed by atoms with Crippen molar-refractivity contribution in [3.8, 4) is 0 Å². The summed E-state index contributed by atoms with van der Waals surface area (Å²) in [6, 6.07) is 8.67. The van der Waals surface area contributed by atoms with Gasteiger partial charge in [-0.05, 0) is 36.8 Å². The number of carbonyl (C=O) groups is 1. The third kappa shape index (κ3) is 4.01. The van der Waals surface area contributed by atoms with Crippen LogP contribution in [0, 0.1) is 5.92 Å². The van der Waals surface area contributed by atoms with E-state index in [9.17, 15) is 4.79 Å². The van der Waals surface area contributed by atoms with Crippen LogP contribution in [0.15, 0.2) is 24.3 Å². The second kappa shape index (κ2) is 7.32. The monoisotopic (exact) mass is 305 g/mol. The zero-order valence-electron chi connectivity index (χ0n) is 12.3. The van der Waals surface area contributed by atoms with Crippen molar-refractivity contribution in [2.75, 3.05) is 25.5 Å². The van der Waals surface area contributed by atoms with E-state index in [0.29, 0.717) is 16.9 Å². The lowest BCUT2D eigenvalue weighted by Crippen LogP contribution is -2.31. The van der Waals surface area contributed by atoms with Gasteiger partial charge in [-0.1, -0.05) is 24.3 Å². The molecule has 1 amide bonds. The maximum absolute atomic E-state index is 12.0. The van der Waals surface area contributed by atoms with E-state index in [-0.39, 0.29) is 5.91 Å². The molecule has 4 heteroatoms. The standard InChI is InChI=1S/C17H23NO2S/c19-17(18-10-13-8-9-20-11-13)12-21-16-7-3-5-14-4-1-2-6-15(14)16/h1-2,4,6,13,16H,3,5,7-12H2,(H,18,19). The molecule has 2 unspecified atom stereocenters. The highest BCUT2D eigenvalue weighted by Crippen LogP contribution is 2.39. The molecule has 1 aromatic rings. The molecule has 0 saturated carbocycles. The van der Waals surface area contributed by atoms with E-state index >= 15 is 0 Å². The third-order valence-electron chi connectivity index (χ3n) is 4.34. The minimum absolute atomic E-state index is 0.162. The largest absolute Gasteiger partial charge is 0.381 e. The van der Waals surface area contributed by atoms with Crippen LogP contribution in [0.1, 0.15) is 35.6 Å². The molecule has 3 rings (SSSR count). The van der Waals surface area contributed by atoms with Crippen LogP contribution in [0.3, 0.4) is 0 Å². The minimum atomic E-state index is 0.162. The van der Waals surface area contributed by atoms with Gasteiger partial charge in [0.05, 0.1) is 12.4 Å². The highest BCUT2D eigenvalue weighted by molar-refractivity contribution is 8.00. The Bertz CT molecular complexity index is 485. The molecule has 0 bridgehead atoms. The molecular weight excluding hydrogens is 282 g/mol. The van der Waals surface area contributed by atoms with E-state index < -0.39 is 0 Å². The van der Waals surface area contributed by atoms with Gasteiger partial charge in [0.25, 0.3) is 0 Å². The van der Waals surface area contributed by atoms with Gasteiger partial charge in [-0.3, -0.25) is 4.79 Å². The Morgan fingerprint density at radius 3 is 3.10 bits per heavy atom.